The fraction of sp³-hybridized carbons (Fsp3) is 0.121. The van der Waals surface area contributed by atoms with E-state index < -0.39 is 0 Å². The highest BCUT2D eigenvalue weighted by atomic mass is 16.5. The smallest absolute Gasteiger partial charge is 0.333 e. The van der Waals surface area contributed by atoms with Gasteiger partial charge in [0.1, 0.15) is 0 Å². The quantitative estimate of drug-likeness (QED) is 0.106. The summed E-state index contributed by atoms with van der Waals surface area (Å²) in [5.41, 5.74) is 6.64. The van der Waals surface area contributed by atoms with Gasteiger partial charge in [0.05, 0.1) is 6.61 Å². The van der Waals surface area contributed by atoms with Crippen LogP contribution in [-0.2, 0) is 16.0 Å². The third-order valence-corrected chi connectivity index (χ3v) is 6.43. The molecule has 5 aromatic carbocycles. The molecule has 0 unspecified atom stereocenters. The largest absolute Gasteiger partial charge is 0.462 e. The SMILES string of the molecule is C=C(C)C(=O)OCCCc1ccc(-c2c3ccccc3c(-c3ccccc3)c3ccccc23)cc1. The second-order valence-corrected chi connectivity index (χ2v) is 8.92. The molecule has 0 fully saturated rings. The fourth-order valence-electron chi connectivity index (χ4n) is 4.76. The lowest BCUT2D eigenvalue weighted by Crippen LogP contribution is -2.06. The monoisotopic (exact) mass is 456 g/mol. The van der Waals surface area contributed by atoms with Crippen molar-refractivity contribution in [3.05, 3.63) is 121 Å². The number of hydrogen-bond donors (Lipinski definition) is 0. The highest BCUT2D eigenvalue weighted by Crippen LogP contribution is 2.43. The molecule has 0 aliphatic heterocycles. The van der Waals surface area contributed by atoms with Crippen molar-refractivity contribution >= 4 is 27.5 Å². The number of benzene rings is 5. The van der Waals surface area contributed by atoms with Gasteiger partial charge in [-0.15, -0.1) is 0 Å². The Kier molecular flexibility index (Phi) is 6.45. The summed E-state index contributed by atoms with van der Waals surface area (Å²) in [6.07, 6.45) is 1.65. The second kappa shape index (κ2) is 9.99. The summed E-state index contributed by atoms with van der Waals surface area (Å²) in [6, 6.07) is 36.9. The zero-order valence-corrected chi connectivity index (χ0v) is 20.0. The third kappa shape index (κ3) is 4.61. The summed E-state index contributed by atoms with van der Waals surface area (Å²) in [4.78, 5) is 11.6. The third-order valence-electron chi connectivity index (χ3n) is 6.43. The van der Waals surface area contributed by atoms with Crippen LogP contribution in [0, 0.1) is 0 Å². The summed E-state index contributed by atoms with van der Waals surface area (Å²) in [7, 11) is 0. The molecule has 172 valence electrons. The number of esters is 1. The number of carbonyl (C=O) groups excluding carboxylic acids is 1. The average molecular weight is 457 g/mol. The molecule has 5 rings (SSSR count). The molecule has 0 aromatic heterocycles. The van der Waals surface area contributed by atoms with Crippen molar-refractivity contribution in [3.8, 4) is 22.3 Å². The Labute approximate surface area is 206 Å². The molecule has 0 bridgehead atoms. The minimum absolute atomic E-state index is 0.321. The Balaban J connectivity index is 1.54. The number of hydrogen-bond acceptors (Lipinski definition) is 2. The predicted octanol–water partition coefficient (Wildman–Crippen LogP) is 8.38. The molecule has 0 heterocycles. The van der Waals surface area contributed by atoms with E-state index in [9.17, 15) is 4.79 Å². The van der Waals surface area contributed by atoms with Crippen molar-refractivity contribution in [1.29, 1.82) is 0 Å². The van der Waals surface area contributed by atoms with Gasteiger partial charge < -0.3 is 4.74 Å². The van der Waals surface area contributed by atoms with E-state index in [0.29, 0.717) is 12.2 Å². The number of aryl methyl sites for hydroxylation is 1. The molecule has 0 amide bonds. The Morgan fingerprint density at radius 3 is 1.60 bits per heavy atom. The van der Waals surface area contributed by atoms with Crippen LogP contribution < -0.4 is 0 Å². The van der Waals surface area contributed by atoms with E-state index in [1.807, 2.05) is 0 Å². The summed E-state index contributed by atoms with van der Waals surface area (Å²) < 4.78 is 5.22. The van der Waals surface area contributed by atoms with Crippen LogP contribution in [-0.4, -0.2) is 12.6 Å². The van der Waals surface area contributed by atoms with E-state index in [4.69, 9.17) is 4.74 Å². The van der Waals surface area contributed by atoms with Crippen LogP contribution >= 0.6 is 0 Å². The predicted molar refractivity (Wildman–Crippen MR) is 146 cm³/mol. The lowest BCUT2D eigenvalue weighted by atomic mass is 9.86. The van der Waals surface area contributed by atoms with Gasteiger partial charge in [-0.25, -0.2) is 4.79 Å². The minimum Gasteiger partial charge on any atom is -0.462 e. The molecule has 0 spiro atoms. The lowest BCUT2D eigenvalue weighted by molar-refractivity contribution is -0.139. The Morgan fingerprint density at radius 2 is 1.11 bits per heavy atom. The zero-order chi connectivity index (χ0) is 24.2. The van der Waals surface area contributed by atoms with Crippen LogP contribution in [0.15, 0.2) is 115 Å². The van der Waals surface area contributed by atoms with E-state index >= 15 is 0 Å². The van der Waals surface area contributed by atoms with Crippen LogP contribution in [0.3, 0.4) is 0 Å². The topological polar surface area (TPSA) is 26.3 Å². The van der Waals surface area contributed by atoms with Crippen LogP contribution in [0.25, 0.3) is 43.8 Å². The lowest BCUT2D eigenvalue weighted by Gasteiger charge is -2.17. The molecule has 0 aliphatic carbocycles. The van der Waals surface area contributed by atoms with Crippen molar-refractivity contribution < 1.29 is 9.53 Å². The van der Waals surface area contributed by atoms with Crippen LogP contribution in [0.2, 0.25) is 0 Å². The molecular formula is C33H28O2. The first kappa shape index (κ1) is 22.6. The van der Waals surface area contributed by atoms with E-state index in [1.54, 1.807) is 6.92 Å². The van der Waals surface area contributed by atoms with Gasteiger partial charge in [-0.05, 0) is 69.1 Å². The van der Waals surface area contributed by atoms with E-state index in [2.05, 4.69) is 110 Å². The van der Waals surface area contributed by atoms with Crippen molar-refractivity contribution in [2.45, 2.75) is 19.8 Å². The van der Waals surface area contributed by atoms with Gasteiger partial charge in [0.2, 0.25) is 0 Å². The molecule has 0 radical (unpaired) electrons. The molecule has 2 heteroatoms. The first-order valence-electron chi connectivity index (χ1n) is 12.0. The molecule has 0 N–H and O–H groups in total. The highest BCUT2D eigenvalue weighted by molar-refractivity contribution is 6.21. The maximum atomic E-state index is 11.6. The van der Waals surface area contributed by atoms with Crippen LogP contribution in [0.4, 0.5) is 0 Å². The van der Waals surface area contributed by atoms with E-state index in [1.165, 1.54) is 49.4 Å². The second-order valence-electron chi connectivity index (χ2n) is 8.92. The Morgan fingerprint density at radius 1 is 0.657 bits per heavy atom. The molecular weight excluding hydrogens is 428 g/mol. The van der Waals surface area contributed by atoms with Gasteiger partial charge >= 0.3 is 5.97 Å². The maximum Gasteiger partial charge on any atom is 0.333 e. The molecule has 0 saturated heterocycles. The standard InChI is InChI=1S/C33H28O2/c1-23(2)33(34)35-22-10-11-24-18-20-26(21-19-24)32-29-16-8-6-14-27(29)31(25-12-4-3-5-13-25)28-15-7-9-17-30(28)32/h3-9,12-21H,1,10-11,22H2,2H3. The molecule has 0 atom stereocenters. The number of fused-ring (bicyclic) bond motifs is 2. The van der Waals surface area contributed by atoms with Crippen molar-refractivity contribution in [3.63, 3.8) is 0 Å². The van der Waals surface area contributed by atoms with Gasteiger partial charge in [-0.2, -0.15) is 0 Å². The number of carbonyl (C=O) groups is 1. The highest BCUT2D eigenvalue weighted by Gasteiger charge is 2.16. The van der Waals surface area contributed by atoms with Crippen molar-refractivity contribution in [2.75, 3.05) is 6.61 Å². The summed E-state index contributed by atoms with van der Waals surface area (Å²) in [5, 5.41) is 5.03. The van der Waals surface area contributed by atoms with E-state index in [-0.39, 0.29) is 5.97 Å². The molecule has 5 aromatic rings. The molecule has 2 nitrogen and oxygen atoms in total. The van der Waals surface area contributed by atoms with Crippen LogP contribution in [0.5, 0.6) is 0 Å². The summed E-state index contributed by atoms with van der Waals surface area (Å²) in [5.74, 6) is -0.321. The zero-order valence-electron chi connectivity index (χ0n) is 20.0. The molecule has 0 saturated carbocycles. The Bertz CT molecular complexity index is 1460. The molecule has 35 heavy (non-hydrogen) atoms. The minimum atomic E-state index is -0.321. The Hall–Kier alpha value is -4.17. The fourth-order valence-corrected chi connectivity index (χ4v) is 4.76. The van der Waals surface area contributed by atoms with E-state index in [0.717, 1.165) is 12.8 Å². The normalized spacial score (nSPS) is 11.0. The first-order chi connectivity index (χ1) is 17.1. The van der Waals surface area contributed by atoms with Gasteiger partial charge in [0.15, 0.2) is 0 Å². The number of rotatable bonds is 7. The van der Waals surface area contributed by atoms with Gasteiger partial charge in [0, 0.05) is 5.57 Å². The van der Waals surface area contributed by atoms with Crippen LogP contribution in [0.1, 0.15) is 18.9 Å². The summed E-state index contributed by atoms with van der Waals surface area (Å²) in [6.45, 7) is 5.70. The van der Waals surface area contributed by atoms with Gasteiger partial charge in [-0.1, -0.05) is 110 Å². The first-order valence-corrected chi connectivity index (χ1v) is 12.0. The summed E-state index contributed by atoms with van der Waals surface area (Å²) >= 11 is 0. The van der Waals surface area contributed by atoms with Crippen molar-refractivity contribution in [2.24, 2.45) is 0 Å². The van der Waals surface area contributed by atoms with Gasteiger partial charge in [-0.3, -0.25) is 0 Å². The van der Waals surface area contributed by atoms with Gasteiger partial charge in [0.25, 0.3) is 0 Å². The number of ether oxygens (including phenoxy) is 1. The average Bonchev–Trinajstić information content (AvgIpc) is 2.90. The van der Waals surface area contributed by atoms with Crippen molar-refractivity contribution in [1.82, 2.24) is 0 Å². The molecule has 0 aliphatic rings. The maximum absolute atomic E-state index is 11.6.